The number of hydrogen-bond acceptors (Lipinski definition) is 2. The van der Waals surface area contributed by atoms with Gasteiger partial charge < -0.3 is 15.5 Å². The summed E-state index contributed by atoms with van der Waals surface area (Å²) in [6.45, 7) is 6.59. The highest BCUT2D eigenvalue weighted by molar-refractivity contribution is 5.89. The minimum atomic E-state index is -0.187. The number of carbonyl (C=O) groups is 1. The second-order valence-corrected chi connectivity index (χ2v) is 6.97. The number of nitrogens with zero attached hydrogens (tertiary/aromatic N) is 1. The smallest absolute Gasteiger partial charge is 0.319 e. The van der Waals surface area contributed by atoms with E-state index in [9.17, 15) is 4.79 Å². The average Bonchev–Trinajstić information content (AvgIpc) is 2.62. The molecule has 0 aromatic heterocycles. The van der Waals surface area contributed by atoms with Gasteiger partial charge in [-0.2, -0.15) is 0 Å². The molecule has 2 atom stereocenters. The van der Waals surface area contributed by atoms with Crippen LogP contribution in [-0.2, 0) is 0 Å². The highest BCUT2D eigenvalue weighted by Gasteiger charge is 2.17. The molecular formula is C21H27N3O. The van der Waals surface area contributed by atoms with E-state index in [4.69, 9.17) is 0 Å². The first-order valence-corrected chi connectivity index (χ1v) is 9.09. The number of piperidine rings is 1. The molecule has 1 aliphatic rings. The van der Waals surface area contributed by atoms with E-state index >= 15 is 0 Å². The van der Waals surface area contributed by atoms with E-state index in [-0.39, 0.29) is 12.1 Å². The van der Waals surface area contributed by atoms with Crippen LogP contribution in [0, 0.1) is 5.92 Å². The Balaban J connectivity index is 1.57. The summed E-state index contributed by atoms with van der Waals surface area (Å²) < 4.78 is 0. The van der Waals surface area contributed by atoms with E-state index < -0.39 is 0 Å². The first-order chi connectivity index (χ1) is 12.1. The molecule has 2 aromatic rings. The maximum Gasteiger partial charge on any atom is 0.319 e. The van der Waals surface area contributed by atoms with Crippen LogP contribution in [0.4, 0.5) is 16.2 Å². The van der Waals surface area contributed by atoms with E-state index in [0.29, 0.717) is 0 Å². The molecule has 0 radical (unpaired) electrons. The molecule has 2 amide bonds. The van der Waals surface area contributed by atoms with Crippen molar-refractivity contribution in [3.63, 3.8) is 0 Å². The molecule has 4 heteroatoms. The Hall–Kier alpha value is -2.49. The number of amides is 2. The van der Waals surface area contributed by atoms with Gasteiger partial charge in [0, 0.05) is 24.5 Å². The van der Waals surface area contributed by atoms with Crippen LogP contribution < -0.4 is 15.5 Å². The van der Waals surface area contributed by atoms with Crippen LogP contribution in [-0.4, -0.2) is 19.1 Å². The van der Waals surface area contributed by atoms with Gasteiger partial charge in [-0.25, -0.2) is 4.79 Å². The summed E-state index contributed by atoms with van der Waals surface area (Å²) in [6, 6.07) is 17.8. The Kier molecular flexibility index (Phi) is 5.59. The summed E-state index contributed by atoms with van der Waals surface area (Å²) in [6.07, 6.45) is 2.59. The lowest BCUT2D eigenvalue weighted by molar-refractivity contribution is 0.249. The number of hydrogen-bond donors (Lipinski definition) is 2. The van der Waals surface area contributed by atoms with Gasteiger partial charge in [0.05, 0.1) is 6.04 Å². The summed E-state index contributed by atoms with van der Waals surface area (Å²) in [7, 11) is 0. The highest BCUT2D eigenvalue weighted by atomic mass is 16.2. The molecule has 3 rings (SSSR count). The molecule has 2 N–H and O–H groups in total. The van der Waals surface area contributed by atoms with Gasteiger partial charge in [-0.15, -0.1) is 0 Å². The molecule has 25 heavy (non-hydrogen) atoms. The number of urea groups is 1. The summed E-state index contributed by atoms with van der Waals surface area (Å²) >= 11 is 0. The molecule has 0 unspecified atom stereocenters. The van der Waals surface area contributed by atoms with Crippen molar-refractivity contribution in [1.29, 1.82) is 0 Å². The topological polar surface area (TPSA) is 44.4 Å². The van der Waals surface area contributed by atoms with Crippen molar-refractivity contribution in [2.75, 3.05) is 23.3 Å². The van der Waals surface area contributed by atoms with Crippen molar-refractivity contribution in [1.82, 2.24) is 5.32 Å². The second kappa shape index (κ2) is 8.06. The van der Waals surface area contributed by atoms with Crippen LogP contribution >= 0.6 is 0 Å². The minimum Gasteiger partial charge on any atom is -0.371 e. The first-order valence-electron chi connectivity index (χ1n) is 9.09. The number of nitrogens with one attached hydrogen (secondary N) is 2. The molecule has 2 aromatic carbocycles. The number of benzene rings is 2. The lowest BCUT2D eigenvalue weighted by Crippen LogP contribution is -2.34. The number of para-hydroxylation sites is 1. The van der Waals surface area contributed by atoms with Crippen LogP contribution in [0.25, 0.3) is 0 Å². The predicted octanol–water partition coefficient (Wildman–Crippen LogP) is 4.81. The maximum atomic E-state index is 12.1. The normalized spacial score (nSPS) is 18.5. The van der Waals surface area contributed by atoms with Gasteiger partial charge in [-0.1, -0.05) is 37.3 Å². The zero-order valence-electron chi connectivity index (χ0n) is 15.0. The van der Waals surface area contributed by atoms with E-state index in [1.807, 2.05) is 37.3 Å². The first kappa shape index (κ1) is 17.3. The molecule has 4 nitrogen and oxygen atoms in total. The van der Waals surface area contributed by atoms with Crippen LogP contribution in [0.2, 0.25) is 0 Å². The largest absolute Gasteiger partial charge is 0.371 e. The molecule has 0 aliphatic carbocycles. The molecule has 0 saturated carbocycles. The van der Waals surface area contributed by atoms with Crippen LogP contribution in [0.3, 0.4) is 0 Å². The van der Waals surface area contributed by atoms with Gasteiger partial charge in [-0.3, -0.25) is 0 Å². The van der Waals surface area contributed by atoms with Crippen molar-refractivity contribution in [2.24, 2.45) is 5.92 Å². The molecular weight excluding hydrogens is 310 g/mol. The standard InChI is InChI=1S/C21H27N3O/c1-16-7-6-14-24(15-16)20-12-10-18(11-13-20)17(2)22-21(25)23-19-8-4-3-5-9-19/h3-5,8-13,16-17H,6-7,14-15H2,1-2H3,(H2,22,23,25)/t16-,17+/m1/s1. The van der Waals surface area contributed by atoms with Gasteiger partial charge in [0.1, 0.15) is 0 Å². The van der Waals surface area contributed by atoms with Crippen molar-refractivity contribution < 1.29 is 4.79 Å². The van der Waals surface area contributed by atoms with Gasteiger partial charge in [0.25, 0.3) is 0 Å². The van der Waals surface area contributed by atoms with Gasteiger partial charge >= 0.3 is 6.03 Å². The molecule has 1 aliphatic heterocycles. The quantitative estimate of drug-likeness (QED) is 0.841. The Morgan fingerprint density at radius 1 is 1.12 bits per heavy atom. The molecule has 0 spiro atoms. The number of carbonyl (C=O) groups excluding carboxylic acids is 1. The number of rotatable bonds is 4. The van der Waals surface area contributed by atoms with Crippen LogP contribution in [0.1, 0.15) is 38.3 Å². The van der Waals surface area contributed by atoms with Crippen molar-refractivity contribution >= 4 is 17.4 Å². The second-order valence-electron chi connectivity index (χ2n) is 6.97. The Labute approximate surface area is 150 Å². The zero-order chi connectivity index (χ0) is 17.6. The Bertz CT molecular complexity index is 684. The summed E-state index contributed by atoms with van der Waals surface area (Å²) in [4.78, 5) is 14.6. The van der Waals surface area contributed by atoms with E-state index in [1.165, 1.54) is 18.5 Å². The van der Waals surface area contributed by atoms with Crippen molar-refractivity contribution in [2.45, 2.75) is 32.7 Å². The fourth-order valence-corrected chi connectivity index (χ4v) is 3.37. The number of anilines is 2. The highest BCUT2D eigenvalue weighted by Crippen LogP contribution is 2.24. The fourth-order valence-electron chi connectivity index (χ4n) is 3.37. The minimum absolute atomic E-state index is 0.0435. The molecule has 1 heterocycles. The van der Waals surface area contributed by atoms with Crippen molar-refractivity contribution in [3.05, 3.63) is 60.2 Å². The van der Waals surface area contributed by atoms with E-state index in [0.717, 1.165) is 30.3 Å². The predicted molar refractivity (Wildman–Crippen MR) is 104 cm³/mol. The summed E-state index contributed by atoms with van der Waals surface area (Å²) in [5.41, 5.74) is 3.18. The molecule has 1 saturated heterocycles. The Morgan fingerprint density at radius 3 is 2.52 bits per heavy atom. The van der Waals surface area contributed by atoms with Gasteiger partial charge in [0.2, 0.25) is 0 Å². The third-order valence-electron chi connectivity index (χ3n) is 4.79. The monoisotopic (exact) mass is 337 g/mol. The third-order valence-corrected chi connectivity index (χ3v) is 4.79. The third kappa shape index (κ3) is 4.75. The van der Waals surface area contributed by atoms with E-state index in [1.54, 1.807) is 0 Å². The van der Waals surface area contributed by atoms with Gasteiger partial charge in [0.15, 0.2) is 0 Å². The molecule has 132 valence electrons. The molecule has 0 bridgehead atoms. The fraction of sp³-hybridized carbons (Fsp3) is 0.381. The zero-order valence-corrected chi connectivity index (χ0v) is 15.0. The maximum absolute atomic E-state index is 12.1. The van der Waals surface area contributed by atoms with Crippen LogP contribution in [0.15, 0.2) is 54.6 Å². The van der Waals surface area contributed by atoms with Gasteiger partial charge in [-0.05, 0) is 55.5 Å². The lowest BCUT2D eigenvalue weighted by atomic mass is 9.99. The summed E-state index contributed by atoms with van der Waals surface area (Å²) in [5.74, 6) is 0.760. The SMILES string of the molecule is C[C@@H]1CCCN(c2ccc([C@H](C)NC(=O)Nc3ccccc3)cc2)C1. The van der Waals surface area contributed by atoms with Crippen LogP contribution in [0.5, 0.6) is 0 Å². The van der Waals surface area contributed by atoms with E-state index in [2.05, 4.69) is 46.7 Å². The lowest BCUT2D eigenvalue weighted by Gasteiger charge is -2.33. The Morgan fingerprint density at radius 2 is 1.84 bits per heavy atom. The van der Waals surface area contributed by atoms with Crippen molar-refractivity contribution in [3.8, 4) is 0 Å². The summed E-state index contributed by atoms with van der Waals surface area (Å²) in [5, 5.41) is 5.84. The average molecular weight is 337 g/mol. The molecule has 1 fully saturated rings.